The van der Waals surface area contributed by atoms with E-state index in [2.05, 4.69) is 5.32 Å². The summed E-state index contributed by atoms with van der Waals surface area (Å²) in [6, 6.07) is 15.7. The fourth-order valence-corrected chi connectivity index (χ4v) is 3.53. The first-order chi connectivity index (χ1) is 13.5. The molecule has 0 radical (unpaired) electrons. The maximum atomic E-state index is 13.1. The van der Waals surface area contributed by atoms with Crippen molar-refractivity contribution in [2.45, 2.75) is 45.8 Å². The van der Waals surface area contributed by atoms with Crippen LogP contribution in [0.5, 0.6) is 0 Å². The molecular formula is C22H25N3O3. The third kappa shape index (κ3) is 3.50. The van der Waals surface area contributed by atoms with Gasteiger partial charge in [-0.25, -0.2) is 4.79 Å². The largest absolute Gasteiger partial charge is 0.348 e. The SMILES string of the molecule is CC[C@@H](C(=O)N[C@H](C)c1ccccc1)n1c(=O)n(CC)c(=O)c2ccccc21. The van der Waals surface area contributed by atoms with Crippen LogP contribution >= 0.6 is 0 Å². The summed E-state index contributed by atoms with van der Waals surface area (Å²) in [7, 11) is 0. The van der Waals surface area contributed by atoms with Crippen molar-refractivity contribution in [2.24, 2.45) is 0 Å². The molecule has 6 heteroatoms. The van der Waals surface area contributed by atoms with Crippen molar-refractivity contribution >= 4 is 16.8 Å². The summed E-state index contributed by atoms with van der Waals surface area (Å²) in [4.78, 5) is 38.7. The molecule has 1 aromatic heterocycles. The van der Waals surface area contributed by atoms with Crippen LogP contribution in [0.25, 0.3) is 10.9 Å². The summed E-state index contributed by atoms with van der Waals surface area (Å²) >= 11 is 0. The molecule has 3 rings (SSSR count). The van der Waals surface area contributed by atoms with Gasteiger partial charge in [-0.05, 0) is 38.0 Å². The molecule has 1 heterocycles. The van der Waals surface area contributed by atoms with Crippen molar-refractivity contribution in [3.8, 4) is 0 Å². The van der Waals surface area contributed by atoms with E-state index in [0.29, 0.717) is 17.3 Å². The number of fused-ring (bicyclic) bond motifs is 1. The minimum atomic E-state index is -0.707. The molecule has 0 bridgehead atoms. The number of hydrogen-bond acceptors (Lipinski definition) is 3. The molecule has 6 nitrogen and oxygen atoms in total. The lowest BCUT2D eigenvalue weighted by Gasteiger charge is -2.23. The minimum Gasteiger partial charge on any atom is -0.348 e. The van der Waals surface area contributed by atoms with E-state index in [1.165, 1.54) is 9.13 Å². The fourth-order valence-electron chi connectivity index (χ4n) is 3.53. The summed E-state index contributed by atoms with van der Waals surface area (Å²) < 4.78 is 2.63. The summed E-state index contributed by atoms with van der Waals surface area (Å²) in [6.45, 7) is 5.77. The topological polar surface area (TPSA) is 73.1 Å². The Labute approximate surface area is 163 Å². The second-order valence-corrected chi connectivity index (χ2v) is 6.78. The summed E-state index contributed by atoms with van der Waals surface area (Å²) in [5, 5.41) is 3.44. The van der Waals surface area contributed by atoms with Crippen LogP contribution in [0.3, 0.4) is 0 Å². The van der Waals surface area contributed by atoms with Gasteiger partial charge in [0.15, 0.2) is 0 Å². The standard InChI is InChI=1S/C22H25N3O3/c1-4-18(20(26)23-15(3)16-11-7-6-8-12-16)25-19-14-10-9-13-17(19)21(27)24(5-2)22(25)28/h6-15,18H,4-5H2,1-3H3,(H,23,26)/t15-,18+/m1/s1. The summed E-state index contributed by atoms with van der Waals surface area (Å²) in [6.07, 6.45) is 0.430. The normalized spacial score (nSPS) is 13.2. The molecule has 0 fully saturated rings. The smallest absolute Gasteiger partial charge is 0.332 e. The van der Waals surface area contributed by atoms with Gasteiger partial charge in [0.05, 0.1) is 16.9 Å². The number of rotatable bonds is 6. The number of aromatic nitrogens is 2. The molecule has 0 aliphatic heterocycles. The third-order valence-electron chi connectivity index (χ3n) is 5.05. The number of benzene rings is 2. The second kappa shape index (κ2) is 8.25. The highest BCUT2D eigenvalue weighted by Gasteiger charge is 2.25. The number of carbonyl (C=O) groups excluding carboxylic acids is 1. The summed E-state index contributed by atoms with van der Waals surface area (Å²) in [5.74, 6) is -0.243. The minimum absolute atomic E-state index is 0.193. The highest BCUT2D eigenvalue weighted by molar-refractivity contribution is 5.84. The van der Waals surface area contributed by atoms with Gasteiger partial charge in [0, 0.05) is 6.54 Å². The third-order valence-corrected chi connectivity index (χ3v) is 5.05. The second-order valence-electron chi connectivity index (χ2n) is 6.78. The van der Waals surface area contributed by atoms with E-state index in [1.54, 1.807) is 31.2 Å². The van der Waals surface area contributed by atoms with Crippen molar-refractivity contribution < 1.29 is 4.79 Å². The number of carbonyl (C=O) groups is 1. The molecule has 0 aliphatic rings. The molecular weight excluding hydrogens is 354 g/mol. The van der Waals surface area contributed by atoms with Crippen LogP contribution in [0.1, 0.15) is 44.8 Å². The van der Waals surface area contributed by atoms with Crippen LogP contribution in [0.2, 0.25) is 0 Å². The average Bonchev–Trinajstić information content (AvgIpc) is 2.72. The van der Waals surface area contributed by atoms with Gasteiger partial charge in [0.2, 0.25) is 5.91 Å². The first kappa shape index (κ1) is 19.6. The Hall–Kier alpha value is -3.15. The number of para-hydroxylation sites is 1. The molecule has 0 saturated heterocycles. The van der Waals surface area contributed by atoms with Crippen LogP contribution in [0.4, 0.5) is 0 Å². The molecule has 0 saturated carbocycles. The van der Waals surface area contributed by atoms with E-state index >= 15 is 0 Å². The van der Waals surface area contributed by atoms with Gasteiger partial charge in [-0.1, -0.05) is 49.4 Å². The Balaban J connectivity index is 2.07. The zero-order valence-electron chi connectivity index (χ0n) is 16.4. The quantitative estimate of drug-likeness (QED) is 0.715. The lowest BCUT2D eigenvalue weighted by Crippen LogP contribution is -2.45. The lowest BCUT2D eigenvalue weighted by atomic mass is 10.1. The predicted octanol–water partition coefficient (Wildman–Crippen LogP) is 3.01. The van der Waals surface area contributed by atoms with Crippen LogP contribution < -0.4 is 16.6 Å². The van der Waals surface area contributed by atoms with E-state index in [9.17, 15) is 14.4 Å². The Morgan fingerprint density at radius 3 is 2.29 bits per heavy atom. The molecule has 28 heavy (non-hydrogen) atoms. The first-order valence-electron chi connectivity index (χ1n) is 9.59. The van der Waals surface area contributed by atoms with E-state index in [4.69, 9.17) is 0 Å². The number of amides is 1. The maximum Gasteiger partial charge on any atom is 0.332 e. The van der Waals surface area contributed by atoms with Gasteiger partial charge in [-0.15, -0.1) is 0 Å². The van der Waals surface area contributed by atoms with Crippen LogP contribution in [0, 0.1) is 0 Å². The fraction of sp³-hybridized carbons (Fsp3) is 0.318. The Kier molecular flexibility index (Phi) is 5.78. The number of nitrogens with one attached hydrogen (secondary N) is 1. The van der Waals surface area contributed by atoms with Crippen molar-refractivity contribution in [1.29, 1.82) is 0 Å². The molecule has 2 atom stereocenters. The number of nitrogens with zero attached hydrogens (tertiary/aromatic N) is 2. The van der Waals surface area contributed by atoms with Gasteiger partial charge >= 0.3 is 5.69 Å². The van der Waals surface area contributed by atoms with E-state index < -0.39 is 11.7 Å². The zero-order chi connectivity index (χ0) is 20.3. The molecule has 0 unspecified atom stereocenters. The Morgan fingerprint density at radius 2 is 1.64 bits per heavy atom. The van der Waals surface area contributed by atoms with Crippen molar-refractivity contribution in [3.05, 3.63) is 81.0 Å². The van der Waals surface area contributed by atoms with Crippen LogP contribution in [0.15, 0.2) is 64.2 Å². The number of hydrogen-bond donors (Lipinski definition) is 1. The zero-order valence-corrected chi connectivity index (χ0v) is 16.4. The molecule has 0 aliphatic carbocycles. The van der Waals surface area contributed by atoms with Crippen LogP contribution in [-0.4, -0.2) is 15.0 Å². The summed E-state index contributed by atoms with van der Waals surface area (Å²) in [5.41, 5.74) is 0.686. The predicted molar refractivity (Wildman–Crippen MR) is 110 cm³/mol. The van der Waals surface area contributed by atoms with Crippen molar-refractivity contribution in [1.82, 2.24) is 14.5 Å². The van der Waals surface area contributed by atoms with Gasteiger partial charge < -0.3 is 5.32 Å². The van der Waals surface area contributed by atoms with E-state index in [-0.39, 0.29) is 24.1 Å². The van der Waals surface area contributed by atoms with Gasteiger partial charge in [-0.2, -0.15) is 0 Å². The van der Waals surface area contributed by atoms with Crippen molar-refractivity contribution in [2.75, 3.05) is 0 Å². The van der Waals surface area contributed by atoms with Gasteiger partial charge in [-0.3, -0.25) is 18.7 Å². The van der Waals surface area contributed by atoms with E-state index in [0.717, 1.165) is 5.56 Å². The first-order valence-corrected chi connectivity index (χ1v) is 9.59. The average molecular weight is 379 g/mol. The molecule has 1 amide bonds. The molecule has 2 aromatic carbocycles. The highest BCUT2D eigenvalue weighted by Crippen LogP contribution is 2.19. The Morgan fingerprint density at radius 1 is 1.00 bits per heavy atom. The monoisotopic (exact) mass is 379 g/mol. The molecule has 1 N–H and O–H groups in total. The van der Waals surface area contributed by atoms with Crippen LogP contribution in [-0.2, 0) is 11.3 Å². The molecule has 0 spiro atoms. The Bertz CT molecular complexity index is 1100. The van der Waals surface area contributed by atoms with E-state index in [1.807, 2.05) is 44.2 Å². The highest BCUT2D eigenvalue weighted by atomic mass is 16.2. The molecule has 3 aromatic rings. The maximum absolute atomic E-state index is 13.1. The van der Waals surface area contributed by atoms with Gasteiger partial charge in [0.25, 0.3) is 5.56 Å². The molecule has 146 valence electrons. The van der Waals surface area contributed by atoms with Crippen molar-refractivity contribution in [3.63, 3.8) is 0 Å². The van der Waals surface area contributed by atoms with Gasteiger partial charge in [0.1, 0.15) is 6.04 Å². The lowest BCUT2D eigenvalue weighted by molar-refractivity contribution is -0.125.